The van der Waals surface area contributed by atoms with Gasteiger partial charge in [0.25, 0.3) is 0 Å². The number of hydrogen-bond donors (Lipinski definition) is 0. The molecule has 0 atom stereocenters. The van der Waals surface area contributed by atoms with Gasteiger partial charge >= 0.3 is 12.2 Å². The van der Waals surface area contributed by atoms with Gasteiger partial charge in [-0.15, -0.1) is 0 Å². The Labute approximate surface area is 161 Å². The predicted octanol–water partition coefficient (Wildman–Crippen LogP) is 5.92. The van der Waals surface area contributed by atoms with E-state index in [4.69, 9.17) is 0 Å². The molecular formula is C20H13F6NO2. The fourth-order valence-electron chi connectivity index (χ4n) is 2.30. The number of ether oxygens (including phenoxy) is 2. The quantitative estimate of drug-likeness (QED) is 0.470. The molecule has 0 unspecified atom stereocenters. The second-order valence-corrected chi connectivity index (χ2v) is 6.06. The highest BCUT2D eigenvalue weighted by Gasteiger charge is 2.38. The van der Waals surface area contributed by atoms with Crippen molar-refractivity contribution in [2.75, 3.05) is 0 Å². The van der Waals surface area contributed by atoms with Gasteiger partial charge in [0.15, 0.2) is 17.3 Å². The van der Waals surface area contributed by atoms with E-state index in [2.05, 4.69) is 14.5 Å². The average molecular weight is 413 g/mol. The second kappa shape index (κ2) is 7.65. The highest BCUT2D eigenvalue weighted by atomic mass is 19.3. The minimum absolute atomic E-state index is 0.384. The molecule has 0 saturated heterocycles. The van der Waals surface area contributed by atoms with Gasteiger partial charge in [-0.2, -0.15) is 17.6 Å². The average Bonchev–Trinajstić information content (AvgIpc) is 2.65. The van der Waals surface area contributed by atoms with Crippen LogP contribution in [0.1, 0.15) is 16.8 Å². The van der Waals surface area contributed by atoms with Gasteiger partial charge in [-0.05, 0) is 55.0 Å². The lowest BCUT2D eigenvalue weighted by Gasteiger charge is -2.20. The zero-order chi connectivity index (χ0) is 21.2. The molecule has 2 aromatic carbocycles. The molecule has 0 aliphatic rings. The van der Waals surface area contributed by atoms with Gasteiger partial charge in [0.2, 0.25) is 0 Å². The Morgan fingerprint density at radius 1 is 0.724 bits per heavy atom. The van der Waals surface area contributed by atoms with Crippen LogP contribution in [0.4, 0.5) is 26.3 Å². The number of benzene rings is 2. The van der Waals surface area contributed by atoms with Crippen LogP contribution in [0, 0.1) is 18.6 Å². The first kappa shape index (κ1) is 20.5. The molecule has 0 spiro atoms. The summed E-state index contributed by atoms with van der Waals surface area (Å²) in [5.41, 5.74) is -0.664. The summed E-state index contributed by atoms with van der Waals surface area (Å²) >= 11 is 0. The van der Waals surface area contributed by atoms with Crippen LogP contribution in [0.3, 0.4) is 0 Å². The molecule has 0 aliphatic heterocycles. The molecule has 0 aliphatic carbocycles. The maximum atomic E-state index is 14.2. The molecule has 1 heterocycles. The zero-order valence-electron chi connectivity index (χ0n) is 14.8. The van der Waals surface area contributed by atoms with E-state index in [9.17, 15) is 26.3 Å². The van der Waals surface area contributed by atoms with Gasteiger partial charge in [-0.1, -0.05) is 6.07 Å². The van der Waals surface area contributed by atoms with E-state index in [1.807, 2.05) is 0 Å². The number of rotatable bonds is 6. The summed E-state index contributed by atoms with van der Waals surface area (Å²) in [5, 5.41) is 0. The lowest BCUT2D eigenvalue weighted by Crippen LogP contribution is -2.24. The Kier molecular flexibility index (Phi) is 5.41. The minimum Gasteiger partial charge on any atom is -0.429 e. The van der Waals surface area contributed by atoms with Crippen LogP contribution in [0.2, 0.25) is 0 Å². The summed E-state index contributed by atoms with van der Waals surface area (Å²) in [6.45, 7) is 1.68. The number of alkyl halides is 4. The van der Waals surface area contributed by atoms with Crippen molar-refractivity contribution in [1.29, 1.82) is 0 Å². The summed E-state index contributed by atoms with van der Waals surface area (Å²) in [4.78, 5) is 3.59. The van der Waals surface area contributed by atoms with Crippen LogP contribution in [0.15, 0.2) is 60.8 Å². The number of halogens is 6. The molecular weight excluding hydrogens is 400 g/mol. The van der Waals surface area contributed by atoms with Gasteiger partial charge in [-0.25, -0.2) is 8.78 Å². The first-order chi connectivity index (χ1) is 13.6. The number of aromatic nitrogens is 1. The molecule has 3 nitrogen and oxygen atoms in total. The highest BCUT2D eigenvalue weighted by molar-refractivity contribution is 5.31. The Morgan fingerprint density at radius 2 is 1.34 bits per heavy atom. The van der Waals surface area contributed by atoms with Crippen LogP contribution in [-0.2, 0) is 12.2 Å². The van der Waals surface area contributed by atoms with E-state index < -0.39 is 40.9 Å². The van der Waals surface area contributed by atoms with E-state index in [1.165, 1.54) is 12.3 Å². The summed E-state index contributed by atoms with van der Waals surface area (Å²) < 4.78 is 91.7. The summed E-state index contributed by atoms with van der Waals surface area (Å²) in [6.07, 6.45) is -6.46. The fraction of sp³-hybridized carbons (Fsp3) is 0.150. The molecule has 29 heavy (non-hydrogen) atoms. The minimum atomic E-state index is -3.93. The third kappa shape index (κ3) is 4.79. The molecule has 0 bridgehead atoms. The first-order valence-electron chi connectivity index (χ1n) is 8.19. The lowest BCUT2D eigenvalue weighted by atomic mass is 10.2. The Hall–Kier alpha value is -3.23. The third-order valence-electron chi connectivity index (χ3n) is 3.78. The van der Waals surface area contributed by atoms with E-state index >= 15 is 0 Å². The first-order valence-corrected chi connectivity index (χ1v) is 8.19. The van der Waals surface area contributed by atoms with Crippen LogP contribution < -0.4 is 9.47 Å². The lowest BCUT2D eigenvalue weighted by molar-refractivity contribution is -0.189. The van der Waals surface area contributed by atoms with Crippen molar-refractivity contribution in [1.82, 2.24) is 4.98 Å². The Balaban J connectivity index is 1.74. The van der Waals surface area contributed by atoms with Crippen molar-refractivity contribution in [2.24, 2.45) is 0 Å². The largest absolute Gasteiger partial charge is 0.444 e. The molecule has 3 aromatic rings. The Morgan fingerprint density at radius 3 is 1.93 bits per heavy atom. The molecule has 152 valence electrons. The van der Waals surface area contributed by atoms with E-state index in [1.54, 1.807) is 6.92 Å². The molecule has 3 rings (SSSR count). The van der Waals surface area contributed by atoms with Gasteiger partial charge in [-0.3, -0.25) is 4.98 Å². The zero-order valence-corrected chi connectivity index (χ0v) is 14.8. The van der Waals surface area contributed by atoms with E-state index in [0.29, 0.717) is 17.7 Å². The summed E-state index contributed by atoms with van der Waals surface area (Å²) in [5.74, 6) is -3.56. The molecule has 0 amide bonds. The van der Waals surface area contributed by atoms with Crippen LogP contribution in [0.5, 0.6) is 11.5 Å². The smallest absolute Gasteiger partial charge is 0.429 e. The number of nitrogens with zero attached hydrogens (tertiary/aromatic N) is 1. The van der Waals surface area contributed by atoms with Crippen molar-refractivity contribution >= 4 is 0 Å². The van der Waals surface area contributed by atoms with Gasteiger partial charge in [0, 0.05) is 12.3 Å². The SMILES string of the molecule is Cc1ccc(C(F)(F)Oc2ccc(C(F)(F)Oc3ccc(F)c(F)c3)cc2)nc1. The predicted molar refractivity (Wildman–Crippen MR) is 90.8 cm³/mol. The summed E-state index contributed by atoms with van der Waals surface area (Å²) in [6, 6.07) is 7.89. The van der Waals surface area contributed by atoms with Gasteiger partial charge in [0.1, 0.15) is 11.5 Å². The van der Waals surface area contributed by atoms with E-state index in [0.717, 1.165) is 36.4 Å². The monoisotopic (exact) mass is 413 g/mol. The van der Waals surface area contributed by atoms with Crippen molar-refractivity contribution in [3.8, 4) is 11.5 Å². The maximum Gasteiger partial charge on any atom is 0.444 e. The topological polar surface area (TPSA) is 31.4 Å². The molecule has 1 aromatic heterocycles. The standard InChI is InChI=1S/C20H13F6NO2/c1-12-2-9-18(27-11-12)20(25,26)28-14-5-3-13(4-6-14)19(23,24)29-15-7-8-16(21)17(22)10-15/h2-11H,1H3. The molecule has 0 N–H and O–H groups in total. The highest BCUT2D eigenvalue weighted by Crippen LogP contribution is 2.35. The van der Waals surface area contributed by atoms with Gasteiger partial charge < -0.3 is 9.47 Å². The van der Waals surface area contributed by atoms with Crippen molar-refractivity contribution in [3.63, 3.8) is 0 Å². The second-order valence-electron chi connectivity index (χ2n) is 6.06. The van der Waals surface area contributed by atoms with Crippen molar-refractivity contribution < 1.29 is 35.8 Å². The number of hydrogen-bond acceptors (Lipinski definition) is 3. The van der Waals surface area contributed by atoms with Crippen molar-refractivity contribution in [3.05, 3.63) is 89.2 Å². The normalized spacial score (nSPS) is 12.0. The maximum absolute atomic E-state index is 14.2. The number of aryl methyl sites for hydroxylation is 1. The van der Waals surface area contributed by atoms with Crippen LogP contribution in [-0.4, -0.2) is 4.98 Å². The fourth-order valence-corrected chi connectivity index (χ4v) is 2.30. The molecule has 0 radical (unpaired) electrons. The molecule has 0 fully saturated rings. The molecule has 0 saturated carbocycles. The molecule has 9 heteroatoms. The number of pyridine rings is 1. The van der Waals surface area contributed by atoms with Crippen LogP contribution >= 0.6 is 0 Å². The van der Waals surface area contributed by atoms with Crippen molar-refractivity contribution in [2.45, 2.75) is 19.1 Å². The Bertz CT molecular complexity index is 991. The van der Waals surface area contributed by atoms with Crippen LogP contribution in [0.25, 0.3) is 0 Å². The third-order valence-corrected chi connectivity index (χ3v) is 3.78. The van der Waals surface area contributed by atoms with Gasteiger partial charge in [0.05, 0.1) is 5.56 Å². The summed E-state index contributed by atoms with van der Waals surface area (Å²) in [7, 11) is 0. The van der Waals surface area contributed by atoms with E-state index in [-0.39, 0.29) is 5.75 Å².